The normalized spacial score (nSPS) is 14.4. The Kier molecular flexibility index (Phi) is 8.52. The van der Waals surface area contributed by atoms with Gasteiger partial charge in [-0.3, -0.25) is 14.9 Å². The standard InChI is InChI=1S/C31H29ClN2O5/c1-5-8-23-15-22(17-27(38-6-2)28(23)39-18-21-13-11-19(3)12-14-21)16-24-29(35)33-31(37)34(30(24)36)26-10-7-9-25(32)20(26)4/h5,7,9-17H,1,6,8,18H2,2-4H3,(H,33,35,37)/b24-16+. The highest BCUT2D eigenvalue weighted by Crippen LogP contribution is 2.36. The first kappa shape index (κ1) is 27.7. The molecule has 8 heteroatoms. The van der Waals surface area contributed by atoms with Crippen LogP contribution in [-0.2, 0) is 22.6 Å². The smallest absolute Gasteiger partial charge is 0.335 e. The lowest BCUT2D eigenvalue weighted by molar-refractivity contribution is -0.122. The van der Waals surface area contributed by atoms with Crippen molar-refractivity contribution < 1.29 is 23.9 Å². The van der Waals surface area contributed by atoms with Crippen LogP contribution in [0.5, 0.6) is 11.5 Å². The first-order valence-electron chi connectivity index (χ1n) is 12.5. The van der Waals surface area contributed by atoms with Gasteiger partial charge in [0.05, 0.1) is 12.3 Å². The van der Waals surface area contributed by atoms with Crippen LogP contribution in [0, 0.1) is 13.8 Å². The van der Waals surface area contributed by atoms with Crippen LogP contribution in [0.2, 0.25) is 5.02 Å². The van der Waals surface area contributed by atoms with E-state index in [1.807, 2.05) is 44.2 Å². The van der Waals surface area contributed by atoms with Crippen LogP contribution in [0.4, 0.5) is 10.5 Å². The third-order valence-corrected chi connectivity index (χ3v) is 6.62. The maximum Gasteiger partial charge on any atom is 0.335 e. The van der Waals surface area contributed by atoms with E-state index in [2.05, 4.69) is 11.9 Å². The van der Waals surface area contributed by atoms with Crippen molar-refractivity contribution in [2.45, 2.75) is 33.8 Å². The lowest BCUT2D eigenvalue weighted by atomic mass is 10.0. The number of aryl methyl sites for hydroxylation is 1. The Hall–Kier alpha value is -4.36. The molecule has 3 aromatic rings. The Morgan fingerprint density at radius 3 is 2.46 bits per heavy atom. The van der Waals surface area contributed by atoms with Gasteiger partial charge < -0.3 is 9.47 Å². The summed E-state index contributed by atoms with van der Waals surface area (Å²) in [5, 5.41) is 2.65. The average Bonchev–Trinajstić information content (AvgIpc) is 2.90. The second-order valence-electron chi connectivity index (χ2n) is 9.05. The van der Waals surface area contributed by atoms with Gasteiger partial charge in [0.1, 0.15) is 12.2 Å². The van der Waals surface area contributed by atoms with Crippen LogP contribution < -0.4 is 19.7 Å². The molecule has 0 atom stereocenters. The number of hydrogen-bond donors (Lipinski definition) is 1. The number of amides is 4. The van der Waals surface area contributed by atoms with Gasteiger partial charge >= 0.3 is 6.03 Å². The van der Waals surface area contributed by atoms with Crippen molar-refractivity contribution in [3.8, 4) is 11.5 Å². The first-order valence-corrected chi connectivity index (χ1v) is 12.9. The van der Waals surface area contributed by atoms with Gasteiger partial charge in [0.2, 0.25) is 0 Å². The van der Waals surface area contributed by atoms with Gasteiger partial charge in [0, 0.05) is 10.6 Å². The predicted octanol–water partition coefficient (Wildman–Crippen LogP) is 6.33. The molecule has 4 rings (SSSR count). The molecule has 0 aromatic heterocycles. The van der Waals surface area contributed by atoms with Crippen molar-refractivity contribution in [1.29, 1.82) is 0 Å². The highest BCUT2D eigenvalue weighted by molar-refractivity contribution is 6.40. The molecule has 7 nitrogen and oxygen atoms in total. The summed E-state index contributed by atoms with van der Waals surface area (Å²) in [6, 6.07) is 15.6. The Morgan fingerprint density at radius 2 is 1.77 bits per heavy atom. The quantitative estimate of drug-likeness (QED) is 0.193. The second-order valence-corrected chi connectivity index (χ2v) is 9.46. The van der Waals surface area contributed by atoms with Crippen LogP contribution in [0.25, 0.3) is 6.08 Å². The van der Waals surface area contributed by atoms with Gasteiger partial charge in [-0.05, 0) is 74.2 Å². The largest absolute Gasteiger partial charge is 0.490 e. The summed E-state index contributed by atoms with van der Waals surface area (Å²) in [5.41, 5.74) is 4.11. The van der Waals surface area contributed by atoms with Gasteiger partial charge in [0.15, 0.2) is 11.5 Å². The number of carbonyl (C=O) groups excluding carboxylic acids is 3. The summed E-state index contributed by atoms with van der Waals surface area (Å²) in [5.74, 6) is -0.510. The van der Waals surface area contributed by atoms with Crippen molar-refractivity contribution in [1.82, 2.24) is 5.32 Å². The number of carbonyl (C=O) groups is 3. The number of nitrogens with one attached hydrogen (secondary N) is 1. The molecule has 0 radical (unpaired) electrons. The van der Waals surface area contributed by atoms with E-state index >= 15 is 0 Å². The summed E-state index contributed by atoms with van der Waals surface area (Å²) in [7, 11) is 0. The van der Waals surface area contributed by atoms with Crippen molar-refractivity contribution in [2.24, 2.45) is 0 Å². The number of allylic oxidation sites excluding steroid dienone is 1. The maximum absolute atomic E-state index is 13.4. The van der Waals surface area contributed by atoms with Crippen molar-refractivity contribution >= 4 is 41.2 Å². The molecule has 3 aromatic carbocycles. The van der Waals surface area contributed by atoms with E-state index < -0.39 is 17.8 Å². The van der Waals surface area contributed by atoms with Crippen LogP contribution in [0.15, 0.2) is 72.8 Å². The molecular formula is C31H29ClN2O5. The van der Waals surface area contributed by atoms with E-state index in [1.54, 1.807) is 37.3 Å². The topological polar surface area (TPSA) is 84.9 Å². The van der Waals surface area contributed by atoms with Gasteiger partial charge in [-0.2, -0.15) is 0 Å². The fourth-order valence-electron chi connectivity index (χ4n) is 4.22. The van der Waals surface area contributed by atoms with Crippen LogP contribution in [0.1, 0.15) is 34.7 Å². The number of imide groups is 2. The van der Waals surface area contributed by atoms with Gasteiger partial charge in [-0.15, -0.1) is 6.58 Å². The Morgan fingerprint density at radius 1 is 1.03 bits per heavy atom. The summed E-state index contributed by atoms with van der Waals surface area (Å²) < 4.78 is 12.1. The molecular weight excluding hydrogens is 516 g/mol. The molecule has 39 heavy (non-hydrogen) atoms. The summed E-state index contributed by atoms with van der Waals surface area (Å²) in [4.78, 5) is 39.8. The third-order valence-electron chi connectivity index (χ3n) is 6.21. The Labute approximate surface area is 232 Å². The Bertz CT molecular complexity index is 1480. The summed E-state index contributed by atoms with van der Waals surface area (Å²) in [6.07, 6.45) is 3.64. The predicted molar refractivity (Wildman–Crippen MR) is 152 cm³/mol. The van der Waals surface area contributed by atoms with Gasteiger partial charge in [0.25, 0.3) is 11.8 Å². The molecule has 1 fully saturated rings. The average molecular weight is 545 g/mol. The molecule has 1 aliphatic heterocycles. The lowest BCUT2D eigenvalue weighted by Crippen LogP contribution is -2.54. The fraction of sp³-hybridized carbons (Fsp3) is 0.194. The number of rotatable bonds is 9. The molecule has 1 saturated heterocycles. The summed E-state index contributed by atoms with van der Waals surface area (Å²) >= 11 is 6.22. The van der Waals surface area contributed by atoms with E-state index in [-0.39, 0.29) is 5.57 Å². The minimum atomic E-state index is -0.838. The molecule has 1 N–H and O–H groups in total. The monoisotopic (exact) mass is 544 g/mol. The van der Waals surface area contributed by atoms with E-state index in [4.69, 9.17) is 21.1 Å². The highest BCUT2D eigenvalue weighted by atomic mass is 35.5. The van der Waals surface area contributed by atoms with E-state index in [9.17, 15) is 14.4 Å². The number of halogens is 1. The van der Waals surface area contributed by atoms with E-state index in [0.29, 0.717) is 53.0 Å². The SMILES string of the molecule is C=CCc1cc(/C=C2\C(=O)NC(=O)N(c3cccc(Cl)c3C)C2=O)cc(OCC)c1OCc1ccc(C)cc1. The zero-order chi connectivity index (χ0) is 28.1. The number of hydrogen-bond acceptors (Lipinski definition) is 5. The number of anilines is 1. The molecule has 0 aliphatic carbocycles. The first-order chi connectivity index (χ1) is 18.7. The maximum atomic E-state index is 13.4. The minimum Gasteiger partial charge on any atom is -0.490 e. The molecule has 4 amide bonds. The molecule has 1 aliphatic rings. The van der Waals surface area contributed by atoms with Crippen LogP contribution in [0.3, 0.4) is 0 Å². The lowest BCUT2D eigenvalue weighted by Gasteiger charge is -2.27. The highest BCUT2D eigenvalue weighted by Gasteiger charge is 2.37. The molecule has 1 heterocycles. The molecule has 0 spiro atoms. The molecule has 200 valence electrons. The number of barbiturate groups is 1. The number of nitrogens with zero attached hydrogens (tertiary/aromatic N) is 1. The summed E-state index contributed by atoms with van der Waals surface area (Å²) in [6.45, 7) is 10.1. The molecule has 0 unspecified atom stereocenters. The van der Waals surface area contributed by atoms with E-state index in [1.165, 1.54) is 6.08 Å². The zero-order valence-corrected chi connectivity index (χ0v) is 22.8. The molecule has 0 saturated carbocycles. The number of benzene rings is 3. The third kappa shape index (κ3) is 6.04. The second kappa shape index (κ2) is 12.0. The number of urea groups is 1. The fourth-order valence-corrected chi connectivity index (χ4v) is 4.39. The van der Waals surface area contributed by atoms with Gasteiger partial charge in [-0.25, -0.2) is 9.69 Å². The van der Waals surface area contributed by atoms with E-state index in [0.717, 1.165) is 21.6 Å². The minimum absolute atomic E-state index is 0.200. The molecule has 0 bridgehead atoms. The number of ether oxygens (including phenoxy) is 2. The van der Waals surface area contributed by atoms with Crippen molar-refractivity contribution in [3.63, 3.8) is 0 Å². The van der Waals surface area contributed by atoms with Crippen LogP contribution >= 0.6 is 11.6 Å². The zero-order valence-electron chi connectivity index (χ0n) is 22.0. The van der Waals surface area contributed by atoms with Crippen molar-refractivity contribution in [2.75, 3.05) is 11.5 Å². The Balaban J connectivity index is 1.73. The van der Waals surface area contributed by atoms with Crippen LogP contribution in [-0.4, -0.2) is 24.5 Å². The van der Waals surface area contributed by atoms with Crippen molar-refractivity contribution in [3.05, 3.63) is 106 Å². The van der Waals surface area contributed by atoms with Gasteiger partial charge in [-0.1, -0.05) is 53.6 Å².